The van der Waals surface area contributed by atoms with Gasteiger partial charge in [0.05, 0.1) is 19.9 Å². The van der Waals surface area contributed by atoms with Crippen LogP contribution in [0.4, 0.5) is 0 Å². The predicted molar refractivity (Wildman–Crippen MR) is 66.5 cm³/mol. The van der Waals surface area contributed by atoms with Gasteiger partial charge in [-0.25, -0.2) is 4.68 Å². The van der Waals surface area contributed by atoms with Gasteiger partial charge in [0.2, 0.25) is 0 Å². The lowest BCUT2D eigenvalue weighted by atomic mass is 9.83. The minimum atomic E-state index is -1.53. The van der Waals surface area contributed by atoms with Gasteiger partial charge in [-0.15, -0.1) is 0 Å². The highest BCUT2D eigenvalue weighted by Gasteiger charge is 2.14. The van der Waals surface area contributed by atoms with Crippen LogP contribution in [-0.4, -0.2) is 41.2 Å². The first-order valence-electron chi connectivity index (χ1n) is 5.29. The standard InChI is InChI=1S/C11H13BN2O4/c1-17-10-4-3-9(5-11(10)18-2)14-7-8(6-13-14)12(15)16/h3-7,15-16H,1-2H3. The molecule has 2 rings (SSSR count). The van der Waals surface area contributed by atoms with E-state index in [-0.39, 0.29) is 0 Å². The number of rotatable bonds is 4. The molecule has 0 saturated carbocycles. The monoisotopic (exact) mass is 248 g/mol. The van der Waals surface area contributed by atoms with Crippen LogP contribution in [0.3, 0.4) is 0 Å². The fraction of sp³-hybridized carbons (Fsp3) is 0.182. The van der Waals surface area contributed by atoms with Crippen molar-refractivity contribution in [1.29, 1.82) is 0 Å². The summed E-state index contributed by atoms with van der Waals surface area (Å²) in [5.74, 6) is 1.20. The minimum absolute atomic E-state index is 0.324. The second kappa shape index (κ2) is 5.11. The molecule has 0 aliphatic heterocycles. The molecule has 0 unspecified atom stereocenters. The van der Waals surface area contributed by atoms with Gasteiger partial charge in [0.25, 0.3) is 0 Å². The number of nitrogens with zero attached hydrogens (tertiary/aromatic N) is 2. The van der Waals surface area contributed by atoms with E-state index in [0.29, 0.717) is 17.0 Å². The van der Waals surface area contributed by atoms with Crippen molar-refractivity contribution in [1.82, 2.24) is 9.78 Å². The van der Waals surface area contributed by atoms with Crippen molar-refractivity contribution in [3.8, 4) is 17.2 Å². The van der Waals surface area contributed by atoms with Gasteiger partial charge in [0, 0.05) is 23.9 Å². The molecule has 0 saturated heterocycles. The Morgan fingerprint density at radius 3 is 2.44 bits per heavy atom. The average Bonchev–Trinajstić information content (AvgIpc) is 2.87. The molecule has 6 nitrogen and oxygen atoms in total. The van der Waals surface area contributed by atoms with Gasteiger partial charge < -0.3 is 19.5 Å². The molecule has 0 amide bonds. The van der Waals surface area contributed by atoms with Gasteiger partial charge in [0.1, 0.15) is 0 Å². The van der Waals surface area contributed by atoms with E-state index in [0.717, 1.165) is 5.69 Å². The molecule has 2 aromatic rings. The van der Waals surface area contributed by atoms with E-state index in [4.69, 9.17) is 19.5 Å². The summed E-state index contributed by atoms with van der Waals surface area (Å²) in [6.07, 6.45) is 2.92. The number of methoxy groups -OCH3 is 2. The smallest absolute Gasteiger partial charge is 0.491 e. The molecule has 0 bridgehead atoms. The molecule has 0 aliphatic carbocycles. The van der Waals surface area contributed by atoms with Crippen molar-refractivity contribution >= 4 is 12.6 Å². The topological polar surface area (TPSA) is 76.7 Å². The summed E-state index contributed by atoms with van der Waals surface area (Å²) in [7, 11) is 1.58. The van der Waals surface area contributed by atoms with Crippen molar-refractivity contribution in [2.45, 2.75) is 0 Å². The normalized spacial score (nSPS) is 10.2. The van der Waals surface area contributed by atoms with Crippen molar-refractivity contribution < 1.29 is 19.5 Å². The van der Waals surface area contributed by atoms with Gasteiger partial charge in [-0.1, -0.05) is 0 Å². The lowest BCUT2D eigenvalue weighted by molar-refractivity contribution is 0.354. The lowest BCUT2D eigenvalue weighted by Gasteiger charge is -2.09. The first-order valence-corrected chi connectivity index (χ1v) is 5.29. The Hall–Kier alpha value is -1.99. The first-order chi connectivity index (χ1) is 8.65. The van der Waals surface area contributed by atoms with Gasteiger partial charge >= 0.3 is 7.12 Å². The van der Waals surface area contributed by atoms with E-state index >= 15 is 0 Å². The zero-order valence-electron chi connectivity index (χ0n) is 10.1. The second-order valence-corrected chi connectivity index (χ2v) is 3.63. The molecule has 18 heavy (non-hydrogen) atoms. The number of ether oxygens (including phenoxy) is 2. The average molecular weight is 248 g/mol. The molecule has 0 fully saturated rings. The summed E-state index contributed by atoms with van der Waals surface area (Å²) < 4.78 is 11.8. The molecule has 0 atom stereocenters. The van der Waals surface area contributed by atoms with E-state index in [1.807, 2.05) is 0 Å². The van der Waals surface area contributed by atoms with Crippen LogP contribution < -0.4 is 14.9 Å². The maximum Gasteiger partial charge on any atom is 0.491 e. The van der Waals surface area contributed by atoms with Gasteiger partial charge in [0.15, 0.2) is 11.5 Å². The van der Waals surface area contributed by atoms with Crippen molar-refractivity contribution in [3.05, 3.63) is 30.6 Å². The number of hydrogen-bond donors (Lipinski definition) is 2. The Morgan fingerprint density at radius 1 is 1.17 bits per heavy atom. The molecule has 2 N–H and O–H groups in total. The van der Waals surface area contributed by atoms with Crippen LogP contribution in [0.1, 0.15) is 0 Å². The molecule has 0 spiro atoms. The minimum Gasteiger partial charge on any atom is -0.493 e. The molecule has 1 heterocycles. The van der Waals surface area contributed by atoms with E-state index < -0.39 is 7.12 Å². The highest BCUT2D eigenvalue weighted by atomic mass is 16.5. The summed E-state index contributed by atoms with van der Waals surface area (Å²) in [4.78, 5) is 0. The summed E-state index contributed by atoms with van der Waals surface area (Å²) in [5, 5.41) is 22.1. The third-order valence-electron chi connectivity index (χ3n) is 2.53. The molecule has 7 heteroatoms. The molecule has 1 aromatic carbocycles. The SMILES string of the molecule is COc1ccc(-n2cc(B(O)O)cn2)cc1OC. The van der Waals surface area contributed by atoms with E-state index in [1.165, 1.54) is 17.1 Å². The third-order valence-corrected chi connectivity index (χ3v) is 2.53. The summed E-state index contributed by atoms with van der Waals surface area (Å²) >= 11 is 0. The second-order valence-electron chi connectivity index (χ2n) is 3.63. The van der Waals surface area contributed by atoms with Gasteiger partial charge in [-0.3, -0.25) is 0 Å². The van der Waals surface area contributed by atoms with Crippen LogP contribution in [0.15, 0.2) is 30.6 Å². The lowest BCUT2D eigenvalue weighted by Crippen LogP contribution is -2.28. The van der Waals surface area contributed by atoms with Crippen LogP contribution in [0.2, 0.25) is 0 Å². The predicted octanol–water partition coefficient (Wildman–Crippen LogP) is -0.431. The highest BCUT2D eigenvalue weighted by Crippen LogP contribution is 2.28. The molecule has 0 radical (unpaired) electrons. The van der Waals surface area contributed by atoms with Gasteiger partial charge in [-0.2, -0.15) is 5.10 Å². The molecular formula is C11H13BN2O4. The quantitative estimate of drug-likeness (QED) is 0.718. The Balaban J connectivity index is 2.38. The van der Waals surface area contributed by atoms with Crippen LogP contribution in [0, 0.1) is 0 Å². The van der Waals surface area contributed by atoms with E-state index in [9.17, 15) is 0 Å². The maximum absolute atomic E-state index is 9.02. The van der Waals surface area contributed by atoms with Crippen LogP contribution in [0.5, 0.6) is 11.5 Å². The van der Waals surface area contributed by atoms with Crippen molar-refractivity contribution in [2.24, 2.45) is 0 Å². The van der Waals surface area contributed by atoms with E-state index in [1.54, 1.807) is 32.4 Å². The van der Waals surface area contributed by atoms with Crippen LogP contribution >= 0.6 is 0 Å². The Morgan fingerprint density at radius 2 is 1.89 bits per heavy atom. The summed E-state index contributed by atoms with van der Waals surface area (Å²) in [6, 6.07) is 5.30. The third kappa shape index (κ3) is 2.32. The molecule has 1 aromatic heterocycles. The van der Waals surface area contributed by atoms with Crippen LogP contribution in [-0.2, 0) is 0 Å². The first kappa shape index (κ1) is 12.5. The fourth-order valence-electron chi connectivity index (χ4n) is 1.58. The van der Waals surface area contributed by atoms with Crippen molar-refractivity contribution in [2.75, 3.05) is 14.2 Å². The van der Waals surface area contributed by atoms with Crippen molar-refractivity contribution in [3.63, 3.8) is 0 Å². The zero-order chi connectivity index (χ0) is 13.1. The highest BCUT2D eigenvalue weighted by molar-refractivity contribution is 6.58. The van der Waals surface area contributed by atoms with Crippen LogP contribution in [0.25, 0.3) is 5.69 Å². The number of hydrogen-bond acceptors (Lipinski definition) is 5. The molecule has 0 aliphatic rings. The Bertz CT molecular complexity index is 542. The number of aromatic nitrogens is 2. The van der Waals surface area contributed by atoms with E-state index in [2.05, 4.69) is 5.10 Å². The summed E-state index contributed by atoms with van der Waals surface area (Å²) in [5.41, 5.74) is 1.06. The number of benzene rings is 1. The largest absolute Gasteiger partial charge is 0.493 e. The van der Waals surface area contributed by atoms with Gasteiger partial charge in [-0.05, 0) is 12.1 Å². The maximum atomic E-state index is 9.02. The Kier molecular flexibility index (Phi) is 3.54. The summed E-state index contributed by atoms with van der Waals surface area (Å²) in [6.45, 7) is 0. The fourth-order valence-corrected chi connectivity index (χ4v) is 1.58. The zero-order valence-corrected chi connectivity index (χ0v) is 10.1. The molecule has 94 valence electrons. The molecular weight excluding hydrogens is 235 g/mol. The Labute approximate surface area is 105 Å².